The van der Waals surface area contributed by atoms with Crippen LogP contribution in [0.3, 0.4) is 0 Å². The van der Waals surface area contributed by atoms with Crippen molar-refractivity contribution in [1.29, 1.82) is 0 Å². The van der Waals surface area contributed by atoms with Gasteiger partial charge in [0, 0.05) is 16.7 Å². The SMILES string of the molecule is Cc1cc(N2C(=O)c3oc4ccc(Cl)cc4c(=O)c3C23C(=O)N(Cc2ccc(F)cc2)c2ccccc23)no1. The molecule has 1 atom stereocenters. The van der Waals surface area contributed by atoms with Gasteiger partial charge in [-0.1, -0.05) is 47.1 Å². The molecule has 0 saturated carbocycles. The summed E-state index contributed by atoms with van der Waals surface area (Å²) in [4.78, 5) is 45.6. The number of nitrogens with zero attached hydrogens (tertiary/aromatic N) is 3. The standard InChI is InChI=1S/C29H17ClFN3O5/c1-15-12-23(32-39-15)34-27(36)26-24(25(35)19-13-17(30)8-11-22(19)38-26)29(34)20-4-2-3-5-21(20)33(28(29)37)14-16-6-9-18(31)10-7-16/h2-13H,14H2,1H3. The highest BCUT2D eigenvalue weighted by molar-refractivity contribution is 6.31. The molecule has 0 radical (unpaired) electrons. The normalized spacial score (nSPS) is 17.9. The first-order chi connectivity index (χ1) is 18.8. The van der Waals surface area contributed by atoms with Gasteiger partial charge in [0.2, 0.25) is 5.76 Å². The minimum atomic E-state index is -1.93. The minimum absolute atomic E-state index is 0.0529. The zero-order valence-electron chi connectivity index (χ0n) is 20.3. The van der Waals surface area contributed by atoms with Crippen molar-refractivity contribution < 1.29 is 22.9 Å². The Hall–Kier alpha value is -4.76. The van der Waals surface area contributed by atoms with Crippen molar-refractivity contribution in [2.75, 3.05) is 9.80 Å². The molecule has 0 N–H and O–H groups in total. The number of amides is 2. The molecular weight excluding hydrogens is 525 g/mol. The predicted molar refractivity (Wildman–Crippen MR) is 140 cm³/mol. The number of anilines is 2. The van der Waals surface area contributed by atoms with Gasteiger partial charge in [0.15, 0.2) is 16.8 Å². The molecule has 0 saturated heterocycles. The lowest BCUT2D eigenvalue weighted by molar-refractivity contribution is -0.121. The zero-order chi connectivity index (χ0) is 27.1. The van der Waals surface area contributed by atoms with Crippen molar-refractivity contribution in [2.45, 2.75) is 19.0 Å². The van der Waals surface area contributed by atoms with E-state index in [1.807, 2.05) is 0 Å². The van der Waals surface area contributed by atoms with E-state index < -0.39 is 28.6 Å². The van der Waals surface area contributed by atoms with Gasteiger partial charge in [-0.15, -0.1) is 0 Å². The van der Waals surface area contributed by atoms with E-state index in [-0.39, 0.29) is 34.7 Å². The van der Waals surface area contributed by atoms with Crippen LogP contribution in [-0.2, 0) is 16.9 Å². The third kappa shape index (κ3) is 3.10. The summed E-state index contributed by atoms with van der Waals surface area (Å²) in [5.41, 5.74) is -0.905. The second-order valence-electron chi connectivity index (χ2n) is 9.46. The third-order valence-corrected chi connectivity index (χ3v) is 7.42. The Morgan fingerprint density at radius 1 is 1.00 bits per heavy atom. The average Bonchev–Trinajstić information content (AvgIpc) is 3.54. The van der Waals surface area contributed by atoms with E-state index in [0.717, 1.165) is 0 Å². The third-order valence-electron chi connectivity index (χ3n) is 7.18. The summed E-state index contributed by atoms with van der Waals surface area (Å²) >= 11 is 6.20. The summed E-state index contributed by atoms with van der Waals surface area (Å²) in [6, 6.07) is 18.7. The summed E-state index contributed by atoms with van der Waals surface area (Å²) in [6.45, 7) is 1.72. The number of benzene rings is 3. The highest BCUT2D eigenvalue weighted by Gasteiger charge is 2.66. The van der Waals surface area contributed by atoms with E-state index >= 15 is 0 Å². The van der Waals surface area contributed by atoms with Crippen LogP contribution in [0.4, 0.5) is 15.9 Å². The number of carbonyl (C=O) groups is 2. The lowest BCUT2D eigenvalue weighted by Crippen LogP contribution is -2.53. The molecule has 2 aromatic heterocycles. The van der Waals surface area contributed by atoms with E-state index in [4.69, 9.17) is 20.5 Å². The maximum absolute atomic E-state index is 14.7. The number of hydrogen-bond acceptors (Lipinski definition) is 6. The number of para-hydroxylation sites is 1. The summed E-state index contributed by atoms with van der Waals surface area (Å²) in [5.74, 6) is -1.48. The minimum Gasteiger partial charge on any atom is -0.450 e. The van der Waals surface area contributed by atoms with Crippen LogP contribution in [0.1, 0.15) is 33.0 Å². The lowest BCUT2D eigenvalue weighted by Gasteiger charge is -2.32. The first kappa shape index (κ1) is 23.4. The summed E-state index contributed by atoms with van der Waals surface area (Å²) < 4.78 is 24.9. The maximum Gasteiger partial charge on any atom is 0.297 e. The molecule has 4 heterocycles. The molecule has 2 amide bonds. The monoisotopic (exact) mass is 541 g/mol. The lowest BCUT2D eigenvalue weighted by atomic mass is 9.84. The van der Waals surface area contributed by atoms with Gasteiger partial charge in [-0.3, -0.25) is 19.3 Å². The number of halogens is 2. The number of fused-ring (bicyclic) bond motifs is 5. The maximum atomic E-state index is 14.7. The topological polar surface area (TPSA) is 96.9 Å². The number of rotatable bonds is 3. The van der Waals surface area contributed by atoms with Crippen LogP contribution < -0.4 is 15.2 Å². The van der Waals surface area contributed by atoms with Crippen LogP contribution in [-0.4, -0.2) is 17.0 Å². The van der Waals surface area contributed by atoms with Crippen molar-refractivity contribution in [1.82, 2.24) is 5.16 Å². The van der Waals surface area contributed by atoms with Gasteiger partial charge in [-0.2, -0.15) is 0 Å². The number of carbonyl (C=O) groups excluding carboxylic acids is 2. The van der Waals surface area contributed by atoms with Crippen LogP contribution in [0, 0.1) is 12.7 Å². The first-order valence-corrected chi connectivity index (χ1v) is 12.4. The summed E-state index contributed by atoms with van der Waals surface area (Å²) in [5, 5.41) is 4.47. The highest BCUT2D eigenvalue weighted by atomic mass is 35.5. The molecule has 192 valence electrons. The Bertz CT molecular complexity index is 1910. The zero-order valence-corrected chi connectivity index (χ0v) is 21.0. The fraction of sp³-hybridized carbons (Fsp3) is 0.103. The van der Waals surface area contributed by atoms with Crippen LogP contribution in [0.5, 0.6) is 0 Å². The van der Waals surface area contributed by atoms with E-state index in [9.17, 15) is 18.8 Å². The van der Waals surface area contributed by atoms with Crippen LogP contribution in [0.25, 0.3) is 11.0 Å². The molecule has 3 aromatic carbocycles. The largest absolute Gasteiger partial charge is 0.450 e. The van der Waals surface area contributed by atoms with Crippen LogP contribution in [0.15, 0.2) is 86.5 Å². The smallest absolute Gasteiger partial charge is 0.297 e. The second-order valence-corrected chi connectivity index (χ2v) is 9.89. The van der Waals surface area contributed by atoms with E-state index in [1.165, 1.54) is 40.1 Å². The molecule has 0 fully saturated rings. The quantitative estimate of drug-likeness (QED) is 0.306. The number of aryl methyl sites for hydroxylation is 1. The molecule has 1 unspecified atom stereocenters. The molecule has 5 aromatic rings. The van der Waals surface area contributed by atoms with Crippen LogP contribution >= 0.6 is 11.6 Å². The number of aromatic nitrogens is 1. The molecule has 0 bridgehead atoms. The number of hydrogen-bond donors (Lipinski definition) is 0. The molecule has 1 spiro atoms. The van der Waals surface area contributed by atoms with Crippen molar-refractivity contribution in [3.8, 4) is 0 Å². The van der Waals surface area contributed by atoms with Crippen molar-refractivity contribution in [3.63, 3.8) is 0 Å². The molecule has 8 nitrogen and oxygen atoms in total. The van der Waals surface area contributed by atoms with Crippen LogP contribution in [0.2, 0.25) is 5.02 Å². The first-order valence-electron chi connectivity index (χ1n) is 12.0. The molecular formula is C29H17ClFN3O5. The summed E-state index contributed by atoms with van der Waals surface area (Å²) in [6.07, 6.45) is 0. The summed E-state index contributed by atoms with van der Waals surface area (Å²) in [7, 11) is 0. The Labute approximate surface area is 224 Å². The molecule has 10 heteroatoms. The van der Waals surface area contributed by atoms with Crippen molar-refractivity contribution in [3.05, 3.63) is 122 Å². The highest BCUT2D eigenvalue weighted by Crippen LogP contribution is 2.54. The molecule has 2 aliphatic heterocycles. The van der Waals surface area contributed by atoms with Gasteiger partial charge in [0.1, 0.15) is 17.2 Å². The van der Waals surface area contributed by atoms with Gasteiger partial charge in [0.05, 0.1) is 23.2 Å². The Morgan fingerprint density at radius 2 is 1.77 bits per heavy atom. The van der Waals surface area contributed by atoms with Gasteiger partial charge in [-0.05, 0) is 48.9 Å². The second kappa shape index (κ2) is 8.12. The van der Waals surface area contributed by atoms with E-state index in [2.05, 4.69) is 5.16 Å². The molecule has 7 rings (SSSR count). The van der Waals surface area contributed by atoms with E-state index in [1.54, 1.807) is 49.4 Å². The fourth-order valence-corrected chi connectivity index (χ4v) is 5.74. The van der Waals surface area contributed by atoms with Crippen molar-refractivity contribution in [2.24, 2.45) is 0 Å². The van der Waals surface area contributed by atoms with E-state index in [0.29, 0.717) is 27.6 Å². The molecule has 2 aliphatic rings. The Morgan fingerprint density at radius 3 is 2.51 bits per heavy atom. The van der Waals surface area contributed by atoms with Gasteiger partial charge < -0.3 is 13.8 Å². The van der Waals surface area contributed by atoms with Gasteiger partial charge >= 0.3 is 0 Å². The van der Waals surface area contributed by atoms with Gasteiger partial charge in [0.25, 0.3) is 11.8 Å². The predicted octanol–water partition coefficient (Wildman–Crippen LogP) is 5.33. The van der Waals surface area contributed by atoms with Gasteiger partial charge in [-0.25, -0.2) is 4.39 Å². The Balaban J connectivity index is 1.56. The fourth-order valence-electron chi connectivity index (χ4n) is 5.57. The molecule has 0 aliphatic carbocycles. The average molecular weight is 542 g/mol. The molecule has 39 heavy (non-hydrogen) atoms. The van der Waals surface area contributed by atoms with Crippen molar-refractivity contribution >= 4 is 45.9 Å². The Kier molecular flexibility index (Phi) is 4.86.